The normalized spacial score (nSPS) is 12.3. The second kappa shape index (κ2) is 14.5. The third kappa shape index (κ3) is 8.33. The molecule has 0 bridgehead atoms. The summed E-state index contributed by atoms with van der Waals surface area (Å²) in [7, 11) is -4.11. The van der Waals surface area contributed by atoms with Crippen LogP contribution in [0.5, 0.6) is 0 Å². The molecule has 3 aromatic rings. The second-order valence-electron chi connectivity index (χ2n) is 10.7. The molecule has 220 valence electrons. The maximum Gasteiger partial charge on any atom is 0.264 e. The van der Waals surface area contributed by atoms with Gasteiger partial charge >= 0.3 is 0 Å². The Morgan fingerprint density at radius 1 is 0.878 bits per heavy atom. The molecule has 0 unspecified atom stereocenters. The van der Waals surface area contributed by atoms with Gasteiger partial charge in [-0.1, -0.05) is 94.8 Å². The number of halogens is 1. The van der Waals surface area contributed by atoms with Crippen molar-refractivity contribution in [2.24, 2.45) is 5.92 Å². The van der Waals surface area contributed by atoms with Crippen molar-refractivity contribution in [2.75, 3.05) is 17.4 Å². The van der Waals surface area contributed by atoms with Crippen LogP contribution in [-0.4, -0.2) is 44.3 Å². The first-order chi connectivity index (χ1) is 19.4. The van der Waals surface area contributed by atoms with Crippen molar-refractivity contribution in [2.45, 2.75) is 64.4 Å². The fraction of sp³-hybridized carbons (Fsp3) is 0.375. The van der Waals surface area contributed by atoms with Crippen LogP contribution in [0.25, 0.3) is 0 Å². The van der Waals surface area contributed by atoms with Gasteiger partial charge in [0.1, 0.15) is 12.6 Å². The summed E-state index contributed by atoms with van der Waals surface area (Å²) in [5.41, 5.74) is 2.07. The Morgan fingerprint density at radius 2 is 1.49 bits per heavy atom. The van der Waals surface area contributed by atoms with Crippen LogP contribution in [0.3, 0.4) is 0 Å². The van der Waals surface area contributed by atoms with E-state index in [1.54, 1.807) is 48.5 Å². The first-order valence-electron chi connectivity index (χ1n) is 13.9. The number of anilines is 1. The summed E-state index contributed by atoms with van der Waals surface area (Å²) in [5.74, 6) is -0.320. The minimum absolute atomic E-state index is 0.0532. The van der Waals surface area contributed by atoms with Gasteiger partial charge in [0.05, 0.1) is 10.6 Å². The molecular weight excluding hydrogens is 558 g/mol. The molecule has 7 nitrogen and oxygen atoms in total. The number of nitrogens with one attached hydrogen (secondary N) is 1. The number of hydrogen-bond donors (Lipinski definition) is 1. The molecule has 0 saturated carbocycles. The molecule has 0 aromatic heterocycles. The van der Waals surface area contributed by atoms with Crippen LogP contribution in [-0.2, 0) is 26.2 Å². The Morgan fingerprint density at radius 3 is 2.05 bits per heavy atom. The average molecular weight is 598 g/mol. The Balaban J connectivity index is 2.06. The maximum absolute atomic E-state index is 14.1. The highest BCUT2D eigenvalue weighted by atomic mass is 35.5. The van der Waals surface area contributed by atoms with E-state index in [0.717, 1.165) is 9.87 Å². The zero-order chi connectivity index (χ0) is 30.2. The van der Waals surface area contributed by atoms with Gasteiger partial charge in [-0.25, -0.2) is 8.42 Å². The first-order valence-corrected chi connectivity index (χ1v) is 15.8. The van der Waals surface area contributed by atoms with E-state index in [9.17, 15) is 18.0 Å². The van der Waals surface area contributed by atoms with E-state index < -0.39 is 28.5 Å². The topological polar surface area (TPSA) is 86.8 Å². The molecule has 1 N–H and O–H groups in total. The van der Waals surface area contributed by atoms with E-state index >= 15 is 0 Å². The number of carbonyl (C=O) groups is 2. The summed E-state index contributed by atoms with van der Waals surface area (Å²) >= 11 is 6.45. The SMILES string of the molecule is CC[C@H](C(=O)NCC(C)C)N(Cc1ccccc1Cl)C(=O)CN(c1ccc(C(C)C)cc1)S(=O)(=O)c1ccccc1. The summed E-state index contributed by atoms with van der Waals surface area (Å²) in [6.07, 6.45) is 0.342. The highest BCUT2D eigenvalue weighted by Gasteiger charge is 2.34. The summed E-state index contributed by atoms with van der Waals surface area (Å²) in [6.45, 7) is 9.94. The number of amides is 2. The number of rotatable bonds is 13. The van der Waals surface area contributed by atoms with Crippen LogP contribution >= 0.6 is 11.6 Å². The van der Waals surface area contributed by atoms with Crippen LogP contribution < -0.4 is 9.62 Å². The minimum Gasteiger partial charge on any atom is -0.354 e. The van der Waals surface area contributed by atoms with Gasteiger partial charge < -0.3 is 10.2 Å². The van der Waals surface area contributed by atoms with Gasteiger partial charge in [0.2, 0.25) is 11.8 Å². The van der Waals surface area contributed by atoms with E-state index in [1.165, 1.54) is 17.0 Å². The molecule has 0 aliphatic carbocycles. The number of nitrogens with zero attached hydrogens (tertiary/aromatic N) is 2. The van der Waals surface area contributed by atoms with Crippen LogP contribution in [0.15, 0.2) is 83.8 Å². The number of benzene rings is 3. The smallest absolute Gasteiger partial charge is 0.264 e. The lowest BCUT2D eigenvalue weighted by molar-refractivity contribution is -0.140. The zero-order valence-corrected chi connectivity index (χ0v) is 26.0. The molecule has 0 saturated heterocycles. The Kier molecular flexibility index (Phi) is 11.4. The van der Waals surface area contributed by atoms with Crippen molar-refractivity contribution in [1.82, 2.24) is 10.2 Å². The van der Waals surface area contributed by atoms with Crippen molar-refractivity contribution in [1.29, 1.82) is 0 Å². The summed E-state index contributed by atoms with van der Waals surface area (Å²) < 4.78 is 29.0. The van der Waals surface area contributed by atoms with Crippen molar-refractivity contribution in [3.05, 3.63) is 95.0 Å². The first kappa shape index (κ1) is 32.2. The third-order valence-corrected chi connectivity index (χ3v) is 8.98. The maximum atomic E-state index is 14.1. The highest BCUT2D eigenvalue weighted by Crippen LogP contribution is 2.27. The van der Waals surface area contributed by atoms with Gasteiger partial charge in [0.15, 0.2) is 0 Å². The quantitative estimate of drug-likeness (QED) is 0.253. The number of carbonyl (C=O) groups excluding carboxylic acids is 2. The number of hydrogen-bond acceptors (Lipinski definition) is 4. The van der Waals surface area contributed by atoms with E-state index in [1.807, 2.05) is 39.0 Å². The van der Waals surface area contributed by atoms with Crippen molar-refractivity contribution < 1.29 is 18.0 Å². The lowest BCUT2D eigenvalue weighted by atomic mass is 10.0. The molecule has 0 spiro atoms. The van der Waals surface area contributed by atoms with Crippen molar-refractivity contribution in [3.63, 3.8) is 0 Å². The molecule has 3 rings (SSSR count). The lowest BCUT2D eigenvalue weighted by Crippen LogP contribution is -2.52. The molecule has 9 heteroatoms. The van der Waals surface area contributed by atoms with Gasteiger partial charge in [0, 0.05) is 18.1 Å². The van der Waals surface area contributed by atoms with Crippen molar-refractivity contribution >= 4 is 39.1 Å². The van der Waals surface area contributed by atoms with E-state index in [0.29, 0.717) is 29.2 Å². The molecule has 0 aliphatic rings. The van der Waals surface area contributed by atoms with Gasteiger partial charge in [-0.2, -0.15) is 0 Å². The standard InChI is InChI=1S/C32H40ClN3O4S/c1-6-30(32(38)34-20-23(2)3)35(21-26-12-10-11-15-29(26)33)31(37)22-36(27-18-16-25(17-19-27)24(4)5)41(39,40)28-13-8-7-9-14-28/h7-19,23-24,30H,6,20-22H2,1-5H3,(H,34,38)/t30-/m1/s1. The molecular formula is C32H40ClN3O4S. The Hall–Kier alpha value is -3.36. The molecule has 2 amide bonds. The molecule has 3 aromatic carbocycles. The largest absolute Gasteiger partial charge is 0.354 e. The molecule has 0 aliphatic heterocycles. The van der Waals surface area contributed by atoms with Gasteiger partial charge in [-0.3, -0.25) is 13.9 Å². The van der Waals surface area contributed by atoms with E-state index in [-0.39, 0.29) is 29.2 Å². The van der Waals surface area contributed by atoms with Gasteiger partial charge in [-0.15, -0.1) is 0 Å². The molecule has 41 heavy (non-hydrogen) atoms. The lowest BCUT2D eigenvalue weighted by Gasteiger charge is -2.33. The Labute approximate surface area is 249 Å². The zero-order valence-electron chi connectivity index (χ0n) is 24.4. The van der Waals surface area contributed by atoms with Crippen molar-refractivity contribution in [3.8, 4) is 0 Å². The summed E-state index contributed by atoms with van der Waals surface area (Å²) in [5, 5.41) is 3.39. The van der Waals surface area contributed by atoms with E-state index in [2.05, 4.69) is 19.2 Å². The highest BCUT2D eigenvalue weighted by molar-refractivity contribution is 7.92. The minimum atomic E-state index is -4.11. The number of sulfonamides is 1. The molecule has 0 heterocycles. The monoisotopic (exact) mass is 597 g/mol. The van der Waals surface area contributed by atoms with Crippen LogP contribution in [0.1, 0.15) is 58.1 Å². The van der Waals surface area contributed by atoms with Gasteiger partial charge in [0.25, 0.3) is 10.0 Å². The van der Waals surface area contributed by atoms with Crippen LogP contribution in [0.2, 0.25) is 5.02 Å². The molecule has 0 fully saturated rings. The van der Waals surface area contributed by atoms with E-state index in [4.69, 9.17) is 11.6 Å². The fourth-order valence-corrected chi connectivity index (χ4v) is 6.06. The average Bonchev–Trinajstić information content (AvgIpc) is 2.96. The summed E-state index contributed by atoms with van der Waals surface area (Å²) in [6, 6.07) is 21.5. The van der Waals surface area contributed by atoms with Gasteiger partial charge in [-0.05, 0) is 59.7 Å². The molecule has 1 atom stereocenters. The van der Waals surface area contributed by atoms with Crippen LogP contribution in [0.4, 0.5) is 5.69 Å². The summed E-state index contributed by atoms with van der Waals surface area (Å²) in [4.78, 5) is 28.9. The predicted octanol–water partition coefficient (Wildman–Crippen LogP) is 6.24. The fourth-order valence-electron chi connectivity index (χ4n) is 4.43. The van der Waals surface area contributed by atoms with Crippen LogP contribution in [0, 0.1) is 5.92 Å². The third-order valence-electron chi connectivity index (χ3n) is 6.83. The predicted molar refractivity (Wildman–Crippen MR) is 165 cm³/mol. The Bertz CT molecular complexity index is 1410. The second-order valence-corrected chi connectivity index (χ2v) is 13.0. The molecule has 0 radical (unpaired) electrons.